The van der Waals surface area contributed by atoms with Gasteiger partial charge in [-0.15, -0.1) is 0 Å². The molecule has 1 aromatic heterocycles. The fourth-order valence-corrected chi connectivity index (χ4v) is 4.55. The van der Waals surface area contributed by atoms with E-state index in [1.807, 2.05) is 42.2 Å². The third kappa shape index (κ3) is 2.87. The van der Waals surface area contributed by atoms with Crippen molar-refractivity contribution in [3.8, 4) is 11.1 Å². The zero-order valence-corrected chi connectivity index (χ0v) is 16.9. The van der Waals surface area contributed by atoms with Gasteiger partial charge in [0.2, 0.25) is 5.91 Å². The van der Waals surface area contributed by atoms with E-state index in [-0.39, 0.29) is 17.6 Å². The molecule has 1 amide bonds. The van der Waals surface area contributed by atoms with Crippen molar-refractivity contribution in [2.24, 2.45) is 5.92 Å². The molecule has 1 saturated heterocycles. The molecule has 1 N–H and O–H groups in total. The molecule has 152 valence electrons. The number of carbonyl (C=O) groups is 2. The van der Waals surface area contributed by atoms with Crippen LogP contribution in [-0.4, -0.2) is 46.8 Å². The highest BCUT2D eigenvalue weighted by Gasteiger charge is 2.48. The predicted molar refractivity (Wildman–Crippen MR) is 110 cm³/mol. The lowest BCUT2D eigenvalue weighted by Crippen LogP contribution is -2.63. The lowest BCUT2D eigenvalue weighted by molar-refractivity contribution is -0.132. The van der Waals surface area contributed by atoms with Gasteiger partial charge in [0.25, 0.3) is 0 Å². The number of amides is 1. The first kappa shape index (κ1) is 18.4. The summed E-state index contributed by atoms with van der Waals surface area (Å²) in [5, 5.41) is 7.88. The van der Waals surface area contributed by atoms with Gasteiger partial charge in [-0.05, 0) is 37.5 Å². The summed E-state index contributed by atoms with van der Waals surface area (Å²) in [4.78, 5) is 27.5. The average molecular weight is 394 g/mol. The van der Waals surface area contributed by atoms with E-state index in [0.29, 0.717) is 25.8 Å². The molecular formula is C22H26N4O3. The van der Waals surface area contributed by atoms with Gasteiger partial charge in [0.1, 0.15) is 5.54 Å². The Bertz CT molecular complexity index is 976. The van der Waals surface area contributed by atoms with Gasteiger partial charge in [-0.3, -0.25) is 19.2 Å². The lowest BCUT2D eigenvalue weighted by Gasteiger charge is -2.47. The van der Waals surface area contributed by atoms with Gasteiger partial charge < -0.3 is 10.1 Å². The molecule has 29 heavy (non-hydrogen) atoms. The first-order valence-corrected chi connectivity index (χ1v) is 10.3. The highest BCUT2D eigenvalue weighted by Crippen LogP contribution is 2.42. The van der Waals surface area contributed by atoms with E-state index in [9.17, 15) is 9.59 Å². The largest absolute Gasteiger partial charge is 0.381 e. The SMILES string of the molecule is CC(=O)N1c2ccc(-c3cnn(C4COC4)c3)cc2NC[C@@]1(C)C(=O)C1CCC1. The Kier molecular flexibility index (Phi) is 4.24. The van der Waals surface area contributed by atoms with E-state index in [4.69, 9.17) is 4.74 Å². The maximum Gasteiger partial charge on any atom is 0.224 e. The van der Waals surface area contributed by atoms with Gasteiger partial charge in [0, 0.05) is 31.1 Å². The van der Waals surface area contributed by atoms with Crippen molar-refractivity contribution in [2.75, 3.05) is 30.0 Å². The van der Waals surface area contributed by atoms with Crippen LogP contribution in [0.15, 0.2) is 30.6 Å². The van der Waals surface area contributed by atoms with Crippen molar-refractivity contribution in [2.45, 2.75) is 44.7 Å². The second kappa shape index (κ2) is 6.69. The molecule has 0 radical (unpaired) electrons. The number of fused-ring (bicyclic) bond motifs is 1. The maximum atomic E-state index is 13.2. The number of carbonyl (C=O) groups excluding carboxylic acids is 2. The van der Waals surface area contributed by atoms with Crippen LogP contribution in [0.5, 0.6) is 0 Å². The summed E-state index contributed by atoms with van der Waals surface area (Å²) in [6, 6.07) is 6.28. The molecule has 1 saturated carbocycles. The van der Waals surface area contributed by atoms with Crippen LogP contribution in [-0.2, 0) is 14.3 Å². The molecule has 7 heteroatoms. The van der Waals surface area contributed by atoms with Crippen molar-refractivity contribution in [1.29, 1.82) is 0 Å². The lowest BCUT2D eigenvalue weighted by atomic mass is 9.74. The minimum Gasteiger partial charge on any atom is -0.381 e. The molecule has 1 aliphatic carbocycles. The summed E-state index contributed by atoms with van der Waals surface area (Å²) in [6.07, 6.45) is 6.85. The summed E-state index contributed by atoms with van der Waals surface area (Å²) in [7, 11) is 0. The van der Waals surface area contributed by atoms with Crippen LogP contribution in [0.4, 0.5) is 11.4 Å². The Hall–Kier alpha value is -2.67. The number of hydrogen-bond acceptors (Lipinski definition) is 5. The number of hydrogen-bond donors (Lipinski definition) is 1. The molecule has 2 fully saturated rings. The average Bonchev–Trinajstić information content (AvgIpc) is 3.07. The Balaban J connectivity index is 1.47. The third-order valence-corrected chi connectivity index (χ3v) is 6.61. The summed E-state index contributed by atoms with van der Waals surface area (Å²) in [5.74, 6) is 0.143. The number of Topliss-reactive ketones (excluding diaryl/α,β-unsaturated/α-hetero) is 1. The summed E-state index contributed by atoms with van der Waals surface area (Å²) >= 11 is 0. The van der Waals surface area contributed by atoms with Crippen molar-refractivity contribution in [1.82, 2.24) is 9.78 Å². The minimum atomic E-state index is -0.847. The molecule has 0 spiro atoms. The molecule has 0 unspecified atom stereocenters. The van der Waals surface area contributed by atoms with Crippen LogP contribution in [0.3, 0.4) is 0 Å². The topological polar surface area (TPSA) is 76.5 Å². The Morgan fingerprint density at radius 2 is 2.03 bits per heavy atom. The molecule has 2 aromatic rings. The maximum absolute atomic E-state index is 13.2. The second-order valence-corrected chi connectivity index (χ2v) is 8.61. The van der Waals surface area contributed by atoms with E-state index in [2.05, 4.69) is 10.4 Å². The number of aromatic nitrogens is 2. The van der Waals surface area contributed by atoms with E-state index in [1.54, 1.807) is 11.8 Å². The van der Waals surface area contributed by atoms with Gasteiger partial charge in [0.15, 0.2) is 5.78 Å². The molecule has 1 atom stereocenters. The Labute approximate surface area is 170 Å². The standard InChI is InChI=1S/C22H26N4O3/c1-14(27)26-20-7-6-16(17-9-24-25(10-17)18-11-29-12-18)8-19(20)23-13-22(26,2)21(28)15-4-3-5-15/h6-10,15,18,23H,3-5,11-13H2,1-2H3/t22-/m0/s1. The minimum absolute atomic E-state index is 0.0748. The monoisotopic (exact) mass is 394 g/mol. The Morgan fingerprint density at radius 3 is 2.66 bits per heavy atom. The van der Waals surface area contributed by atoms with Crippen LogP contribution in [0.1, 0.15) is 39.2 Å². The Morgan fingerprint density at radius 1 is 1.24 bits per heavy atom. The normalized spacial score (nSPS) is 24.3. The number of ether oxygens (including phenoxy) is 1. The first-order valence-electron chi connectivity index (χ1n) is 10.3. The number of rotatable bonds is 4. The molecule has 3 heterocycles. The van der Waals surface area contributed by atoms with Gasteiger partial charge in [-0.1, -0.05) is 12.5 Å². The number of anilines is 2. The smallest absolute Gasteiger partial charge is 0.224 e. The highest BCUT2D eigenvalue weighted by molar-refractivity contribution is 6.08. The third-order valence-electron chi connectivity index (χ3n) is 6.61. The highest BCUT2D eigenvalue weighted by atomic mass is 16.5. The van der Waals surface area contributed by atoms with Crippen LogP contribution in [0.2, 0.25) is 0 Å². The summed E-state index contributed by atoms with van der Waals surface area (Å²) < 4.78 is 7.19. The van der Waals surface area contributed by atoms with E-state index >= 15 is 0 Å². The first-order chi connectivity index (χ1) is 14.0. The fourth-order valence-electron chi connectivity index (χ4n) is 4.55. The van der Waals surface area contributed by atoms with Crippen LogP contribution >= 0.6 is 0 Å². The van der Waals surface area contributed by atoms with E-state index in [0.717, 1.165) is 41.8 Å². The molecule has 1 aromatic carbocycles. The molecule has 5 rings (SSSR count). The zero-order chi connectivity index (χ0) is 20.2. The number of ketones is 1. The van der Waals surface area contributed by atoms with Crippen LogP contribution < -0.4 is 10.2 Å². The molecule has 3 aliphatic rings. The van der Waals surface area contributed by atoms with Gasteiger partial charge in [0.05, 0.1) is 36.8 Å². The van der Waals surface area contributed by atoms with Crippen molar-refractivity contribution in [3.63, 3.8) is 0 Å². The second-order valence-electron chi connectivity index (χ2n) is 8.61. The van der Waals surface area contributed by atoms with Crippen LogP contribution in [0.25, 0.3) is 11.1 Å². The number of nitrogens with one attached hydrogen (secondary N) is 1. The fraction of sp³-hybridized carbons (Fsp3) is 0.500. The van der Waals surface area contributed by atoms with E-state index < -0.39 is 5.54 Å². The van der Waals surface area contributed by atoms with Crippen molar-refractivity contribution < 1.29 is 14.3 Å². The van der Waals surface area contributed by atoms with Gasteiger partial charge in [-0.2, -0.15) is 5.10 Å². The van der Waals surface area contributed by atoms with Gasteiger partial charge >= 0.3 is 0 Å². The quantitative estimate of drug-likeness (QED) is 0.863. The summed E-state index contributed by atoms with van der Waals surface area (Å²) in [6.45, 7) is 5.27. The van der Waals surface area contributed by atoms with Crippen LogP contribution in [0, 0.1) is 5.92 Å². The van der Waals surface area contributed by atoms with Gasteiger partial charge in [-0.25, -0.2) is 0 Å². The molecule has 7 nitrogen and oxygen atoms in total. The summed E-state index contributed by atoms with van der Waals surface area (Å²) in [5.41, 5.74) is 2.84. The van der Waals surface area contributed by atoms with Crippen molar-refractivity contribution in [3.05, 3.63) is 30.6 Å². The molecule has 2 aliphatic heterocycles. The zero-order valence-electron chi connectivity index (χ0n) is 16.9. The molecular weight excluding hydrogens is 368 g/mol. The number of nitrogens with zero attached hydrogens (tertiary/aromatic N) is 3. The number of benzene rings is 1. The van der Waals surface area contributed by atoms with E-state index in [1.165, 1.54) is 0 Å². The van der Waals surface area contributed by atoms with Crippen molar-refractivity contribution >= 4 is 23.1 Å². The molecule has 0 bridgehead atoms. The predicted octanol–water partition coefficient (Wildman–Crippen LogP) is 3.03.